The zero-order valence-electron chi connectivity index (χ0n) is 16.2. The van der Waals surface area contributed by atoms with Crippen molar-refractivity contribution < 1.29 is 32.5 Å². The predicted octanol–water partition coefficient (Wildman–Crippen LogP) is 3.61. The summed E-state index contributed by atoms with van der Waals surface area (Å²) < 4.78 is 47.9. The number of anilines is 1. The Hall–Kier alpha value is -1.49. The molecule has 1 unspecified atom stereocenters. The fourth-order valence-electron chi connectivity index (χ4n) is 2.08. The fraction of sp³-hybridized carbons (Fsp3) is 0.611. The van der Waals surface area contributed by atoms with Crippen molar-refractivity contribution in [2.45, 2.75) is 37.1 Å². The van der Waals surface area contributed by atoms with Crippen LogP contribution in [0.3, 0.4) is 0 Å². The molecule has 28 heavy (non-hydrogen) atoms. The number of para-hydroxylation sites is 1. The summed E-state index contributed by atoms with van der Waals surface area (Å²) >= 11 is 0.600. The van der Waals surface area contributed by atoms with Gasteiger partial charge in [0.2, 0.25) is 0 Å². The molecule has 0 aromatic heterocycles. The van der Waals surface area contributed by atoms with E-state index in [2.05, 4.69) is 5.32 Å². The van der Waals surface area contributed by atoms with Crippen molar-refractivity contribution in [3.8, 4) is 0 Å². The second-order valence-corrected chi connectivity index (χ2v) is 7.38. The first-order chi connectivity index (χ1) is 13.1. The second kappa shape index (κ2) is 12.2. The van der Waals surface area contributed by atoms with Crippen LogP contribution < -0.4 is 5.32 Å². The summed E-state index contributed by atoms with van der Waals surface area (Å²) in [7, 11) is 1.48. The number of hydrogen-bond donors (Lipinski definition) is 2. The van der Waals surface area contributed by atoms with Gasteiger partial charge in [0.25, 0.3) is 0 Å². The second-order valence-electron chi connectivity index (χ2n) is 6.36. The van der Waals surface area contributed by atoms with Crippen LogP contribution in [0.5, 0.6) is 0 Å². The molecule has 6 nitrogen and oxygen atoms in total. The summed E-state index contributed by atoms with van der Waals surface area (Å²) in [6, 6.07) is 5.71. The topological polar surface area (TPSA) is 71.0 Å². The molecule has 10 heteroatoms. The van der Waals surface area contributed by atoms with E-state index in [9.17, 15) is 23.1 Å². The van der Waals surface area contributed by atoms with E-state index in [4.69, 9.17) is 9.47 Å². The Morgan fingerprint density at radius 2 is 1.96 bits per heavy atom. The minimum atomic E-state index is -4.30. The van der Waals surface area contributed by atoms with Gasteiger partial charge >= 0.3 is 12.2 Å². The van der Waals surface area contributed by atoms with Crippen LogP contribution in [-0.4, -0.2) is 73.6 Å². The Morgan fingerprint density at radius 3 is 2.61 bits per heavy atom. The highest BCUT2D eigenvalue weighted by Gasteiger charge is 2.28. The molecule has 0 fully saturated rings. The number of nitrogens with one attached hydrogen (secondary N) is 1. The number of aliphatic hydroxyl groups excluding tert-OH is 1. The summed E-state index contributed by atoms with van der Waals surface area (Å²) in [5.74, 6) is -1.05. The van der Waals surface area contributed by atoms with E-state index < -0.39 is 24.1 Å². The summed E-state index contributed by atoms with van der Waals surface area (Å²) in [5, 5.41) is 12.5. The van der Waals surface area contributed by atoms with Gasteiger partial charge in [-0.3, -0.25) is 0 Å². The van der Waals surface area contributed by atoms with Crippen LogP contribution in [0.4, 0.5) is 23.7 Å². The summed E-state index contributed by atoms with van der Waals surface area (Å²) in [6.07, 6.45) is -5.10. The number of thioether (sulfide) groups is 1. The Kier molecular flexibility index (Phi) is 10.7. The molecular weight excluding hydrogens is 397 g/mol. The van der Waals surface area contributed by atoms with E-state index in [0.717, 1.165) is 0 Å². The molecule has 0 spiro atoms. The molecule has 160 valence electrons. The smallest absolute Gasteiger partial charge is 0.389 e. The molecule has 0 radical (unpaired) electrons. The number of carbonyl (C=O) groups excluding carboxylic acids is 1. The van der Waals surface area contributed by atoms with Gasteiger partial charge in [0.15, 0.2) is 0 Å². The van der Waals surface area contributed by atoms with Crippen molar-refractivity contribution in [2.75, 3.05) is 44.5 Å². The lowest BCUT2D eigenvalue weighted by Crippen LogP contribution is -2.39. The Bertz CT molecular complexity index is 602. The third-order valence-electron chi connectivity index (χ3n) is 3.34. The molecule has 0 aliphatic heterocycles. The van der Waals surface area contributed by atoms with E-state index >= 15 is 0 Å². The van der Waals surface area contributed by atoms with Crippen LogP contribution in [0.1, 0.15) is 13.8 Å². The Balaban J connectivity index is 2.45. The molecular formula is C18H27F3N2O4S. The number of aliphatic hydroxyl groups is 1. The third-order valence-corrected chi connectivity index (χ3v) is 4.48. The van der Waals surface area contributed by atoms with Gasteiger partial charge < -0.3 is 24.8 Å². The molecule has 2 N–H and O–H groups in total. The van der Waals surface area contributed by atoms with Gasteiger partial charge in [-0.1, -0.05) is 12.1 Å². The van der Waals surface area contributed by atoms with Gasteiger partial charge in [-0.15, -0.1) is 11.8 Å². The van der Waals surface area contributed by atoms with Gasteiger partial charge in [-0.2, -0.15) is 13.2 Å². The summed E-state index contributed by atoms with van der Waals surface area (Å²) in [5.41, 5.74) is 0.283. The summed E-state index contributed by atoms with van der Waals surface area (Å²) in [4.78, 5) is 13.8. The van der Waals surface area contributed by atoms with Crippen LogP contribution in [0.15, 0.2) is 29.2 Å². The number of amides is 2. The van der Waals surface area contributed by atoms with Crippen molar-refractivity contribution in [3.63, 3.8) is 0 Å². The van der Waals surface area contributed by atoms with Crippen LogP contribution >= 0.6 is 11.8 Å². The van der Waals surface area contributed by atoms with Crippen molar-refractivity contribution in [1.82, 2.24) is 4.90 Å². The lowest BCUT2D eigenvalue weighted by Gasteiger charge is -2.22. The van der Waals surface area contributed by atoms with Crippen molar-refractivity contribution in [1.29, 1.82) is 0 Å². The highest BCUT2D eigenvalue weighted by atomic mass is 32.2. The fourth-order valence-corrected chi connectivity index (χ4v) is 2.85. The number of nitrogens with zero attached hydrogens (tertiary/aromatic N) is 1. The first-order valence-corrected chi connectivity index (χ1v) is 9.75. The predicted molar refractivity (Wildman–Crippen MR) is 103 cm³/mol. The number of urea groups is 1. The maximum absolute atomic E-state index is 12.4. The Morgan fingerprint density at radius 1 is 1.29 bits per heavy atom. The molecule has 1 rings (SSSR count). The standard InChI is InChI=1S/C18H27F3N2O4S/c1-13(2)27-9-8-26-11-14(24)10-23(3)17(25)22-15-6-4-5-7-16(15)28-12-18(19,20)21/h4-7,13-14,24H,8-12H2,1-3H3,(H,22,25). The van der Waals surface area contributed by atoms with Gasteiger partial charge in [-0.05, 0) is 26.0 Å². The lowest BCUT2D eigenvalue weighted by molar-refractivity contribution is -0.105. The molecule has 0 saturated carbocycles. The highest BCUT2D eigenvalue weighted by molar-refractivity contribution is 7.99. The highest BCUT2D eigenvalue weighted by Crippen LogP contribution is 2.32. The van der Waals surface area contributed by atoms with E-state index in [1.807, 2.05) is 13.8 Å². The van der Waals surface area contributed by atoms with E-state index in [1.165, 1.54) is 24.1 Å². The van der Waals surface area contributed by atoms with E-state index in [0.29, 0.717) is 29.9 Å². The number of halogens is 3. The van der Waals surface area contributed by atoms with Crippen LogP contribution in [-0.2, 0) is 9.47 Å². The average molecular weight is 424 g/mol. The Labute approximate surface area is 167 Å². The minimum Gasteiger partial charge on any atom is -0.389 e. The zero-order chi connectivity index (χ0) is 21.2. The molecule has 0 heterocycles. The number of carbonyl (C=O) groups is 1. The van der Waals surface area contributed by atoms with Gasteiger partial charge in [-0.25, -0.2) is 4.79 Å². The molecule has 0 aliphatic rings. The number of ether oxygens (including phenoxy) is 2. The largest absolute Gasteiger partial charge is 0.398 e. The minimum absolute atomic E-state index is 0.00866. The number of alkyl halides is 3. The maximum Gasteiger partial charge on any atom is 0.398 e. The summed E-state index contributed by atoms with van der Waals surface area (Å²) in [6.45, 7) is 4.60. The number of hydrogen-bond acceptors (Lipinski definition) is 5. The van der Waals surface area contributed by atoms with E-state index in [-0.39, 0.29) is 24.9 Å². The third kappa shape index (κ3) is 10.7. The van der Waals surface area contributed by atoms with Crippen molar-refractivity contribution in [3.05, 3.63) is 24.3 Å². The van der Waals surface area contributed by atoms with Crippen LogP contribution in [0, 0.1) is 0 Å². The SMILES string of the molecule is CC(C)OCCOCC(O)CN(C)C(=O)Nc1ccccc1SCC(F)(F)F. The molecule has 1 atom stereocenters. The van der Waals surface area contributed by atoms with Gasteiger partial charge in [0.05, 0.1) is 50.0 Å². The molecule has 1 aromatic rings. The first-order valence-electron chi connectivity index (χ1n) is 8.76. The lowest BCUT2D eigenvalue weighted by atomic mass is 10.3. The molecule has 0 bridgehead atoms. The number of rotatable bonds is 11. The molecule has 0 aliphatic carbocycles. The van der Waals surface area contributed by atoms with Crippen LogP contribution in [0.2, 0.25) is 0 Å². The monoisotopic (exact) mass is 424 g/mol. The normalized spacial score (nSPS) is 12.9. The molecule has 1 aromatic carbocycles. The van der Waals surface area contributed by atoms with Crippen molar-refractivity contribution >= 4 is 23.5 Å². The maximum atomic E-state index is 12.4. The quantitative estimate of drug-likeness (QED) is 0.420. The molecule has 0 saturated heterocycles. The van der Waals surface area contributed by atoms with Crippen molar-refractivity contribution in [2.24, 2.45) is 0 Å². The first kappa shape index (κ1) is 24.5. The van der Waals surface area contributed by atoms with Gasteiger partial charge in [0.1, 0.15) is 0 Å². The average Bonchev–Trinajstić information content (AvgIpc) is 2.59. The zero-order valence-corrected chi connectivity index (χ0v) is 17.0. The number of benzene rings is 1. The van der Waals surface area contributed by atoms with E-state index in [1.54, 1.807) is 12.1 Å². The van der Waals surface area contributed by atoms with Crippen LogP contribution in [0.25, 0.3) is 0 Å². The van der Waals surface area contributed by atoms with Gasteiger partial charge in [0, 0.05) is 11.9 Å². The molecule has 2 amide bonds. The number of likely N-dealkylation sites (N-methyl/N-ethyl adjacent to an activating group) is 1.